The molecule has 16 heavy (non-hydrogen) atoms. The summed E-state index contributed by atoms with van der Waals surface area (Å²) in [6, 6.07) is 8.42. The number of carbonyl (C=O) groups excluding carboxylic acids is 1. The number of primary amides is 1. The number of hydrogen-bond acceptors (Lipinski definition) is 4. The lowest BCUT2D eigenvalue weighted by atomic mass is 10.3. The maximum Gasteiger partial charge on any atom is 0.284 e. The average Bonchev–Trinajstić information content (AvgIpc) is 2.78. The minimum absolute atomic E-state index is 0.111. The third-order valence-electron chi connectivity index (χ3n) is 2.03. The molecule has 0 saturated carbocycles. The maximum atomic E-state index is 10.9. The number of nitrogens with two attached hydrogens (primary N) is 1. The van der Waals surface area contributed by atoms with Crippen LogP contribution in [0.3, 0.4) is 0 Å². The minimum atomic E-state index is -0.603. The molecule has 0 atom stereocenters. The Hall–Kier alpha value is -2.30. The molecule has 0 spiro atoms. The molecule has 2 aromatic rings. The van der Waals surface area contributed by atoms with Crippen LogP contribution >= 0.6 is 0 Å². The van der Waals surface area contributed by atoms with Crippen LogP contribution in [0.2, 0.25) is 0 Å². The van der Waals surface area contributed by atoms with Crippen LogP contribution in [0.25, 0.3) is 11.5 Å². The predicted octanol–water partition coefficient (Wildman–Crippen LogP) is 1.45. The van der Waals surface area contributed by atoms with E-state index in [1.807, 2.05) is 0 Å². The zero-order valence-electron chi connectivity index (χ0n) is 8.64. The maximum absolute atomic E-state index is 10.9. The van der Waals surface area contributed by atoms with Crippen molar-refractivity contribution in [2.75, 3.05) is 7.11 Å². The summed E-state index contributed by atoms with van der Waals surface area (Å²) in [5.74, 6) is 0.469. The number of amides is 1. The molecule has 82 valence electrons. The van der Waals surface area contributed by atoms with Crippen molar-refractivity contribution in [3.8, 4) is 17.3 Å². The number of pyridine rings is 1. The van der Waals surface area contributed by atoms with Crippen LogP contribution < -0.4 is 10.5 Å². The molecule has 0 unspecified atom stereocenters. The Balaban J connectivity index is 2.38. The van der Waals surface area contributed by atoms with Gasteiger partial charge in [-0.25, -0.2) is 4.98 Å². The van der Waals surface area contributed by atoms with Gasteiger partial charge in [-0.3, -0.25) is 4.79 Å². The van der Waals surface area contributed by atoms with E-state index in [4.69, 9.17) is 14.9 Å². The van der Waals surface area contributed by atoms with E-state index in [0.29, 0.717) is 17.3 Å². The number of rotatable bonds is 3. The summed E-state index contributed by atoms with van der Waals surface area (Å²) in [5.41, 5.74) is 5.67. The minimum Gasteiger partial charge on any atom is -0.481 e. The van der Waals surface area contributed by atoms with E-state index in [-0.39, 0.29) is 5.76 Å². The van der Waals surface area contributed by atoms with Gasteiger partial charge in [-0.1, -0.05) is 6.07 Å². The third-order valence-corrected chi connectivity index (χ3v) is 2.03. The van der Waals surface area contributed by atoms with Crippen LogP contribution in [-0.4, -0.2) is 18.0 Å². The second-order valence-corrected chi connectivity index (χ2v) is 3.09. The molecule has 0 bridgehead atoms. The first-order valence-corrected chi connectivity index (χ1v) is 4.62. The summed E-state index contributed by atoms with van der Waals surface area (Å²) in [5, 5.41) is 0. The Morgan fingerprint density at radius 2 is 2.19 bits per heavy atom. The first kappa shape index (κ1) is 10.2. The van der Waals surface area contributed by atoms with Gasteiger partial charge in [0.25, 0.3) is 5.91 Å². The van der Waals surface area contributed by atoms with E-state index < -0.39 is 5.91 Å². The summed E-state index contributed by atoms with van der Waals surface area (Å²) >= 11 is 0. The highest BCUT2D eigenvalue weighted by atomic mass is 16.5. The molecule has 0 aliphatic carbocycles. The average molecular weight is 218 g/mol. The molecular formula is C11H10N2O3. The largest absolute Gasteiger partial charge is 0.481 e. The smallest absolute Gasteiger partial charge is 0.284 e. The van der Waals surface area contributed by atoms with Gasteiger partial charge < -0.3 is 14.9 Å². The summed E-state index contributed by atoms with van der Waals surface area (Å²) in [6.07, 6.45) is 0. The van der Waals surface area contributed by atoms with Gasteiger partial charge in [-0.15, -0.1) is 0 Å². The van der Waals surface area contributed by atoms with Gasteiger partial charge in [0.1, 0.15) is 5.69 Å². The Bertz CT molecular complexity index is 519. The van der Waals surface area contributed by atoms with Gasteiger partial charge >= 0.3 is 0 Å². The van der Waals surface area contributed by atoms with E-state index in [1.54, 1.807) is 24.3 Å². The fourth-order valence-electron chi connectivity index (χ4n) is 1.27. The number of hydrogen-bond donors (Lipinski definition) is 1. The van der Waals surface area contributed by atoms with Gasteiger partial charge in [0.05, 0.1) is 7.11 Å². The number of nitrogens with zero attached hydrogens (tertiary/aromatic N) is 1. The molecule has 0 aliphatic rings. The van der Waals surface area contributed by atoms with Crippen LogP contribution in [0.5, 0.6) is 5.88 Å². The highest BCUT2D eigenvalue weighted by Crippen LogP contribution is 2.21. The molecule has 0 fully saturated rings. The van der Waals surface area contributed by atoms with Crippen LogP contribution in [0.15, 0.2) is 34.7 Å². The van der Waals surface area contributed by atoms with Gasteiger partial charge in [0, 0.05) is 6.07 Å². The lowest BCUT2D eigenvalue weighted by molar-refractivity contribution is 0.0974. The van der Waals surface area contributed by atoms with E-state index in [2.05, 4.69) is 4.98 Å². The second-order valence-electron chi connectivity index (χ2n) is 3.09. The van der Waals surface area contributed by atoms with Crippen molar-refractivity contribution in [2.45, 2.75) is 0 Å². The highest BCUT2D eigenvalue weighted by molar-refractivity contribution is 5.90. The van der Waals surface area contributed by atoms with Crippen molar-refractivity contribution in [1.29, 1.82) is 0 Å². The van der Waals surface area contributed by atoms with Crippen molar-refractivity contribution in [2.24, 2.45) is 5.73 Å². The molecule has 5 heteroatoms. The first-order valence-electron chi connectivity index (χ1n) is 4.62. The molecule has 2 aromatic heterocycles. The molecule has 0 aromatic carbocycles. The van der Waals surface area contributed by atoms with E-state index in [9.17, 15) is 4.79 Å². The Morgan fingerprint density at radius 1 is 1.38 bits per heavy atom. The predicted molar refractivity (Wildman–Crippen MR) is 57.0 cm³/mol. The molecule has 2 rings (SSSR count). The summed E-state index contributed by atoms with van der Waals surface area (Å²) in [6.45, 7) is 0. The topological polar surface area (TPSA) is 78.4 Å². The zero-order valence-corrected chi connectivity index (χ0v) is 8.64. The molecule has 0 aliphatic heterocycles. The van der Waals surface area contributed by atoms with Crippen molar-refractivity contribution >= 4 is 5.91 Å². The summed E-state index contributed by atoms with van der Waals surface area (Å²) in [7, 11) is 1.53. The highest BCUT2D eigenvalue weighted by Gasteiger charge is 2.10. The SMILES string of the molecule is COc1cccc(-c2ccc(C(N)=O)o2)n1. The van der Waals surface area contributed by atoms with Crippen LogP contribution in [0.1, 0.15) is 10.6 Å². The molecule has 0 saturated heterocycles. The Kier molecular flexibility index (Phi) is 2.59. The fourth-order valence-corrected chi connectivity index (χ4v) is 1.27. The number of methoxy groups -OCH3 is 1. The number of ether oxygens (including phenoxy) is 1. The second kappa shape index (κ2) is 4.06. The summed E-state index contributed by atoms with van der Waals surface area (Å²) in [4.78, 5) is 15.0. The first-order chi connectivity index (χ1) is 7.70. The normalized spacial score (nSPS) is 10.1. The molecule has 0 radical (unpaired) electrons. The van der Waals surface area contributed by atoms with E-state index in [1.165, 1.54) is 13.2 Å². The van der Waals surface area contributed by atoms with E-state index >= 15 is 0 Å². The van der Waals surface area contributed by atoms with Crippen molar-refractivity contribution < 1.29 is 13.9 Å². The van der Waals surface area contributed by atoms with Crippen molar-refractivity contribution in [3.63, 3.8) is 0 Å². The molecule has 1 amide bonds. The van der Waals surface area contributed by atoms with Crippen molar-refractivity contribution in [1.82, 2.24) is 4.98 Å². The quantitative estimate of drug-likeness (QED) is 0.845. The van der Waals surface area contributed by atoms with Crippen molar-refractivity contribution in [3.05, 3.63) is 36.1 Å². The van der Waals surface area contributed by atoms with Crippen LogP contribution in [0, 0.1) is 0 Å². The number of aromatic nitrogens is 1. The third kappa shape index (κ3) is 1.88. The lowest BCUT2D eigenvalue weighted by Gasteiger charge is -2.00. The Labute approximate surface area is 91.8 Å². The van der Waals surface area contributed by atoms with Gasteiger partial charge in [-0.05, 0) is 18.2 Å². The fraction of sp³-hybridized carbons (Fsp3) is 0.0909. The zero-order chi connectivity index (χ0) is 11.5. The van der Waals surface area contributed by atoms with Gasteiger partial charge in [0.2, 0.25) is 5.88 Å². The van der Waals surface area contributed by atoms with Gasteiger partial charge in [0.15, 0.2) is 11.5 Å². The molecule has 5 nitrogen and oxygen atoms in total. The summed E-state index contributed by atoms with van der Waals surface area (Å²) < 4.78 is 10.2. The standard InChI is InChI=1S/C11H10N2O3/c1-15-10-4-2-3-7(13-10)8-5-6-9(16-8)11(12)14/h2-6H,1H3,(H2,12,14). The number of furan rings is 1. The van der Waals surface area contributed by atoms with Crippen LogP contribution in [-0.2, 0) is 0 Å². The number of carbonyl (C=O) groups is 1. The molecular weight excluding hydrogens is 208 g/mol. The molecule has 2 N–H and O–H groups in total. The molecule has 2 heterocycles. The lowest BCUT2D eigenvalue weighted by Crippen LogP contribution is -2.09. The van der Waals surface area contributed by atoms with Gasteiger partial charge in [-0.2, -0.15) is 0 Å². The Morgan fingerprint density at radius 3 is 2.81 bits per heavy atom. The van der Waals surface area contributed by atoms with Crippen LogP contribution in [0.4, 0.5) is 0 Å². The van der Waals surface area contributed by atoms with E-state index in [0.717, 1.165) is 0 Å². The monoisotopic (exact) mass is 218 g/mol.